The predicted molar refractivity (Wildman–Crippen MR) is 73.7 cm³/mol. The smallest absolute Gasteiger partial charge is 0.259 e. The molecule has 2 aliphatic heterocycles. The summed E-state index contributed by atoms with van der Waals surface area (Å²) in [5.74, 6) is 1.38. The van der Waals surface area contributed by atoms with Crippen LogP contribution >= 0.6 is 0 Å². The lowest BCUT2D eigenvalue weighted by molar-refractivity contribution is 0.0680. The summed E-state index contributed by atoms with van der Waals surface area (Å²) in [6.07, 6.45) is 4.43. The average molecular weight is 273 g/mol. The minimum absolute atomic E-state index is 0.0221. The molecular formula is C15H19N3O2. The van der Waals surface area contributed by atoms with Crippen molar-refractivity contribution >= 4 is 5.91 Å². The molecule has 1 aromatic rings. The summed E-state index contributed by atoms with van der Waals surface area (Å²) in [4.78, 5) is 21.0. The zero-order valence-corrected chi connectivity index (χ0v) is 11.7. The van der Waals surface area contributed by atoms with E-state index in [1.165, 1.54) is 12.8 Å². The molecule has 5 nitrogen and oxygen atoms in total. The molecule has 2 fully saturated rings. The Bertz CT molecular complexity index is 544. The highest BCUT2D eigenvalue weighted by Crippen LogP contribution is 2.33. The van der Waals surface area contributed by atoms with Gasteiger partial charge in [-0.15, -0.1) is 0 Å². The molecule has 0 bridgehead atoms. The lowest BCUT2D eigenvalue weighted by Crippen LogP contribution is -2.44. The summed E-state index contributed by atoms with van der Waals surface area (Å²) in [6.45, 7) is 2.96. The van der Waals surface area contributed by atoms with Gasteiger partial charge in [0, 0.05) is 32.9 Å². The largest absolute Gasteiger partial charge is 0.470 e. The lowest BCUT2D eigenvalue weighted by atomic mass is 10.2. The van der Waals surface area contributed by atoms with E-state index >= 15 is 0 Å². The Morgan fingerprint density at radius 1 is 1.40 bits per heavy atom. The van der Waals surface area contributed by atoms with E-state index < -0.39 is 0 Å². The Kier molecular flexibility index (Phi) is 2.70. The fraction of sp³-hybridized carbons (Fsp3) is 0.600. The summed E-state index contributed by atoms with van der Waals surface area (Å²) in [6, 6.07) is 3.72. The number of likely N-dealkylation sites (N-methyl/N-ethyl adjacent to an activating group) is 1. The SMILES string of the molecule is CN1C(=O)c2cccnc2OC2CN(CC3CC3)CC21. The van der Waals surface area contributed by atoms with Crippen molar-refractivity contribution in [2.75, 3.05) is 26.7 Å². The maximum Gasteiger partial charge on any atom is 0.259 e. The van der Waals surface area contributed by atoms with Gasteiger partial charge in [0.25, 0.3) is 5.91 Å². The highest BCUT2D eigenvalue weighted by Gasteiger charge is 2.43. The second kappa shape index (κ2) is 4.45. The monoisotopic (exact) mass is 273 g/mol. The molecular weight excluding hydrogens is 254 g/mol. The van der Waals surface area contributed by atoms with Crippen molar-refractivity contribution in [2.24, 2.45) is 5.92 Å². The van der Waals surface area contributed by atoms with Crippen LogP contribution in [-0.2, 0) is 0 Å². The van der Waals surface area contributed by atoms with Crippen molar-refractivity contribution < 1.29 is 9.53 Å². The number of rotatable bonds is 2. The van der Waals surface area contributed by atoms with Crippen LogP contribution in [0.5, 0.6) is 5.88 Å². The van der Waals surface area contributed by atoms with Crippen LogP contribution in [0, 0.1) is 5.92 Å². The Balaban J connectivity index is 1.60. The Hall–Kier alpha value is -1.62. The Morgan fingerprint density at radius 3 is 3.05 bits per heavy atom. The third kappa shape index (κ3) is 1.97. The van der Waals surface area contributed by atoms with E-state index in [0.717, 1.165) is 25.6 Å². The molecule has 1 saturated carbocycles. The van der Waals surface area contributed by atoms with E-state index in [-0.39, 0.29) is 18.1 Å². The molecule has 0 aromatic carbocycles. The number of carbonyl (C=O) groups is 1. The molecule has 0 radical (unpaired) electrons. The normalized spacial score (nSPS) is 29.6. The van der Waals surface area contributed by atoms with Crippen molar-refractivity contribution in [3.63, 3.8) is 0 Å². The summed E-state index contributed by atoms with van der Waals surface area (Å²) in [5, 5.41) is 0. The molecule has 1 aromatic heterocycles. The molecule has 4 rings (SSSR count). The van der Waals surface area contributed by atoms with Crippen LogP contribution in [0.15, 0.2) is 18.3 Å². The van der Waals surface area contributed by atoms with Crippen LogP contribution in [-0.4, -0.2) is 59.5 Å². The number of aromatic nitrogens is 1. The molecule has 1 amide bonds. The molecule has 106 valence electrons. The molecule has 2 atom stereocenters. The van der Waals surface area contributed by atoms with Crippen LogP contribution in [0.25, 0.3) is 0 Å². The molecule has 1 saturated heterocycles. The van der Waals surface area contributed by atoms with Crippen molar-refractivity contribution in [1.29, 1.82) is 0 Å². The second-order valence-electron chi connectivity index (χ2n) is 6.16. The number of pyridine rings is 1. The quantitative estimate of drug-likeness (QED) is 0.807. The van der Waals surface area contributed by atoms with Crippen LogP contribution in [0.1, 0.15) is 23.2 Å². The van der Waals surface area contributed by atoms with Crippen molar-refractivity contribution in [2.45, 2.75) is 25.0 Å². The Labute approximate surface area is 118 Å². The van der Waals surface area contributed by atoms with E-state index in [9.17, 15) is 4.79 Å². The van der Waals surface area contributed by atoms with Gasteiger partial charge in [-0.2, -0.15) is 0 Å². The minimum atomic E-state index is 0.0221. The third-order valence-electron chi connectivity index (χ3n) is 4.61. The van der Waals surface area contributed by atoms with Gasteiger partial charge in [-0.1, -0.05) is 0 Å². The molecule has 2 unspecified atom stereocenters. The van der Waals surface area contributed by atoms with Gasteiger partial charge >= 0.3 is 0 Å². The molecule has 3 aliphatic rings. The number of amides is 1. The number of likely N-dealkylation sites (tertiary alicyclic amines) is 1. The van der Waals surface area contributed by atoms with Gasteiger partial charge in [-0.3, -0.25) is 9.69 Å². The van der Waals surface area contributed by atoms with Crippen molar-refractivity contribution in [3.05, 3.63) is 23.9 Å². The van der Waals surface area contributed by atoms with Gasteiger partial charge in [-0.25, -0.2) is 4.98 Å². The van der Waals surface area contributed by atoms with E-state index in [2.05, 4.69) is 9.88 Å². The first kappa shape index (κ1) is 12.1. The van der Waals surface area contributed by atoms with Gasteiger partial charge in [0.2, 0.25) is 5.88 Å². The number of fused-ring (bicyclic) bond motifs is 2. The van der Waals surface area contributed by atoms with Gasteiger partial charge in [0.1, 0.15) is 11.7 Å². The van der Waals surface area contributed by atoms with Crippen LogP contribution in [0.2, 0.25) is 0 Å². The zero-order chi connectivity index (χ0) is 13.7. The summed E-state index contributed by atoms with van der Waals surface area (Å²) < 4.78 is 6.04. The standard InChI is InChI=1S/C15H19N3O2/c1-17-12-8-18(7-10-4-5-10)9-13(12)20-14-11(15(17)19)3-2-6-16-14/h2-3,6,10,12-13H,4-5,7-9H2,1H3. The summed E-state index contributed by atoms with van der Waals surface area (Å²) >= 11 is 0. The van der Waals surface area contributed by atoms with Gasteiger partial charge in [-0.05, 0) is 30.9 Å². The van der Waals surface area contributed by atoms with E-state index in [0.29, 0.717) is 11.4 Å². The molecule has 0 spiro atoms. The van der Waals surface area contributed by atoms with Crippen LogP contribution in [0.3, 0.4) is 0 Å². The number of carbonyl (C=O) groups excluding carboxylic acids is 1. The first-order chi connectivity index (χ1) is 9.72. The predicted octanol–water partition coefficient (Wildman–Crippen LogP) is 1.01. The molecule has 3 heterocycles. The highest BCUT2D eigenvalue weighted by molar-refractivity contribution is 5.96. The number of hydrogen-bond donors (Lipinski definition) is 0. The second-order valence-corrected chi connectivity index (χ2v) is 6.16. The number of hydrogen-bond acceptors (Lipinski definition) is 4. The van der Waals surface area contributed by atoms with E-state index in [1.54, 1.807) is 18.3 Å². The van der Waals surface area contributed by atoms with Crippen molar-refractivity contribution in [3.8, 4) is 5.88 Å². The Morgan fingerprint density at radius 2 is 2.25 bits per heavy atom. The highest BCUT2D eigenvalue weighted by atomic mass is 16.5. The first-order valence-electron chi connectivity index (χ1n) is 7.33. The first-order valence-corrected chi connectivity index (χ1v) is 7.33. The van der Waals surface area contributed by atoms with Gasteiger partial charge in [0.15, 0.2) is 0 Å². The minimum Gasteiger partial charge on any atom is -0.470 e. The maximum atomic E-state index is 12.5. The molecule has 20 heavy (non-hydrogen) atoms. The van der Waals surface area contributed by atoms with Crippen LogP contribution < -0.4 is 4.74 Å². The van der Waals surface area contributed by atoms with E-state index in [4.69, 9.17) is 4.74 Å². The number of nitrogens with zero attached hydrogens (tertiary/aromatic N) is 3. The van der Waals surface area contributed by atoms with Crippen LogP contribution in [0.4, 0.5) is 0 Å². The summed E-state index contributed by atoms with van der Waals surface area (Å²) in [5.41, 5.74) is 0.582. The molecule has 1 aliphatic carbocycles. The lowest BCUT2D eigenvalue weighted by Gasteiger charge is -2.25. The fourth-order valence-electron chi connectivity index (χ4n) is 3.27. The van der Waals surface area contributed by atoms with E-state index in [1.807, 2.05) is 11.9 Å². The van der Waals surface area contributed by atoms with Gasteiger partial charge in [0.05, 0.1) is 6.04 Å². The zero-order valence-electron chi connectivity index (χ0n) is 11.7. The maximum absolute atomic E-state index is 12.5. The van der Waals surface area contributed by atoms with Crippen molar-refractivity contribution in [1.82, 2.24) is 14.8 Å². The molecule has 5 heteroatoms. The third-order valence-corrected chi connectivity index (χ3v) is 4.61. The topological polar surface area (TPSA) is 45.7 Å². The average Bonchev–Trinajstić information content (AvgIpc) is 3.19. The number of ether oxygens (including phenoxy) is 1. The summed E-state index contributed by atoms with van der Waals surface area (Å²) in [7, 11) is 1.88. The molecule has 0 N–H and O–H groups in total. The van der Waals surface area contributed by atoms with Gasteiger partial charge < -0.3 is 9.64 Å². The fourth-order valence-corrected chi connectivity index (χ4v) is 3.27.